The molecule has 2 aromatic rings. The van der Waals surface area contributed by atoms with Crippen molar-refractivity contribution in [1.82, 2.24) is 10.2 Å². The third kappa shape index (κ3) is 3.94. The molecule has 2 aromatic carbocycles. The third-order valence-corrected chi connectivity index (χ3v) is 5.53. The highest BCUT2D eigenvalue weighted by molar-refractivity contribution is 5.98. The summed E-state index contributed by atoms with van der Waals surface area (Å²) in [5.74, 6) is -0.346. The molecule has 2 aliphatic heterocycles. The van der Waals surface area contributed by atoms with Gasteiger partial charge in [-0.2, -0.15) is 0 Å². The van der Waals surface area contributed by atoms with Crippen molar-refractivity contribution < 1.29 is 24.2 Å². The van der Waals surface area contributed by atoms with Crippen molar-refractivity contribution in [2.24, 2.45) is 0 Å². The summed E-state index contributed by atoms with van der Waals surface area (Å²) in [6.45, 7) is 0. The minimum absolute atomic E-state index is 0.0360. The van der Waals surface area contributed by atoms with Gasteiger partial charge in [0.1, 0.15) is 23.6 Å². The fraction of sp³-hybridized carbons (Fsp3) is 0.318. The number of ether oxygens (including phenoxy) is 1. The Labute approximate surface area is 168 Å². The summed E-state index contributed by atoms with van der Waals surface area (Å²) in [5.41, 5.74) is 0.413. The number of carbonyl (C=O) groups is 3. The molecule has 2 heterocycles. The quantitative estimate of drug-likeness (QED) is 0.813. The van der Waals surface area contributed by atoms with E-state index in [1.807, 2.05) is 30.3 Å². The monoisotopic (exact) mass is 394 g/mol. The lowest BCUT2D eigenvalue weighted by Crippen LogP contribution is -2.57. The number of amides is 2. The number of carboxylic acid groups (broad SMARTS) is 1. The van der Waals surface area contributed by atoms with Crippen LogP contribution in [0.25, 0.3) is 0 Å². The van der Waals surface area contributed by atoms with E-state index in [2.05, 4.69) is 5.32 Å². The lowest BCUT2D eigenvalue weighted by molar-refractivity contribution is -0.152. The van der Waals surface area contributed by atoms with Crippen molar-refractivity contribution >= 4 is 17.8 Å². The first-order valence-corrected chi connectivity index (χ1v) is 9.72. The zero-order valence-corrected chi connectivity index (χ0v) is 15.8. The molecule has 2 amide bonds. The average Bonchev–Trinajstić information content (AvgIpc) is 3.17. The van der Waals surface area contributed by atoms with Crippen LogP contribution in [0.1, 0.15) is 36.0 Å². The Morgan fingerprint density at radius 1 is 0.931 bits per heavy atom. The molecule has 2 saturated heterocycles. The van der Waals surface area contributed by atoms with E-state index in [0.29, 0.717) is 42.7 Å². The van der Waals surface area contributed by atoms with Crippen LogP contribution in [0.2, 0.25) is 0 Å². The summed E-state index contributed by atoms with van der Waals surface area (Å²) in [7, 11) is 0. The normalized spacial score (nSPS) is 23.4. The van der Waals surface area contributed by atoms with Crippen molar-refractivity contribution in [2.75, 3.05) is 0 Å². The topological polar surface area (TPSA) is 95.9 Å². The summed E-state index contributed by atoms with van der Waals surface area (Å²) < 4.78 is 5.71. The maximum atomic E-state index is 12.8. The van der Waals surface area contributed by atoms with Crippen LogP contribution in [-0.4, -0.2) is 45.9 Å². The van der Waals surface area contributed by atoms with Gasteiger partial charge in [0.05, 0.1) is 0 Å². The SMILES string of the molecule is O=C(N[C@H]1CC[C@H]2CC[C@@H](C(=O)O)N2C1=O)c1ccc(Oc2ccccc2)cc1. The van der Waals surface area contributed by atoms with Gasteiger partial charge in [-0.05, 0) is 62.1 Å². The van der Waals surface area contributed by atoms with Crippen LogP contribution >= 0.6 is 0 Å². The molecular formula is C22H22N2O5. The van der Waals surface area contributed by atoms with Gasteiger partial charge < -0.3 is 20.1 Å². The molecule has 3 atom stereocenters. The van der Waals surface area contributed by atoms with Crippen LogP contribution in [0, 0.1) is 0 Å². The Balaban J connectivity index is 1.40. The first-order chi connectivity index (χ1) is 14.0. The molecular weight excluding hydrogens is 372 g/mol. The molecule has 7 heteroatoms. The Hall–Kier alpha value is -3.35. The number of hydrogen-bond acceptors (Lipinski definition) is 4. The van der Waals surface area contributed by atoms with E-state index in [9.17, 15) is 19.5 Å². The van der Waals surface area contributed by atoms with Crippen LogP contribution in [0.3, 0.4) is 0 Å². The van der Waals surface area contributed by atoms with Crippen LogP contribution in [0.4, 0.5) is 0 Å². The number of nitrogens with one attached hydrogen (secondary N) is 1. The third-order valence-electron chi connectivity index (χ3n) is 5.53. The molecule has 2 N–H and O–H groups in total. The van der Waals surface area contributed by atoms with Crippen LogP contribution < -0.4 is 10.1 Å². The molecule has 7 nitrogen and oxygen atoms in total. The first-order valence-electron chi connectivity index (χ1n) is 9.72. The maximum absolute atomic E-state index is 12.8. The highest BCUT2D eigenvalue weighted by Crippen LogP contribution is 2.32. The number of piperidine rings is 1. The number of benzene rings is 2. The summed E-state index contributed by atoms with van der Waals surface area (Å²) in [6, 6.07) is 14.5. The van der Waals surface area contributed by atoms with E-state index < -0.39 is 18.1 Å². The molecule has 29 heavy (non-hydrogen) atoms. The summed E-state index contributed by atoms with van der Waals surface area (Å²) in [4.78, 5) is 38.2. The molecule has 0 aliphatic carbocycles. The second-order valence-electron chi connectivity index (χ2n) is 7.37. The molecule has 0 unspecified atom stereocenters. The minimum Gasteiger partial charge on any atom is -0.480 e. The number of hydrogen-bond donors (Lipinski definition) is 2. The first kappa shape index (κ1) is 19.0. The lowest BCUT2D eigenvalue weighted by Gasteiger charge is -2.37. The van der Waals surface area contributed by atoms with Gasteiger partial charge in [-0.25, -0.2) is 4.79 Å². The fourth-order valence-corrected chi connectivity index (χ4v) is 4.08. The predicted molar refractivity (Wildman–Crippen MR) is 105 cm³/mol. The Bertz CT molecular complexity index is 913. The number of nitrogens with zero attached hydrogens (tertiary/aromatic N) is 1. The summed E-state index contributed by atoms with van der Waals surface area (Å²) >= 11 is 0. The van der Waals surface area contributed by atoms with Crippen molar-refractivity contribution in [3.05, 3.63) is 60.2 Å². The number of rotatable bonds is 5. The number of carboxylic acids is 1. The maximum Gasteiger partial charge on any atom is 0.326 e. The van der Waals surface area contributed by atoms with Crippen molar-refractivity contribution in [3.63, 3.8) is 0 Å². The van der Waals surface area contributed by atoms with Crippen molar-refractivity contribution in [1.29, 1.82) is 0 Å². The van der Waals surface area contributed by atoms with Gasteiger partial charge in [-0.1, -0.05) is 18.2 Å². The van der Waals surface area contributed by atoms with E-state index in [1.54, 1.807) is 24.3 Å². The average molecular weight is 394 g/mol. The highest BCUT2D eigenvalue weighted by atomic mass is 16.5. The van der Waals surface area contributed by atoms with E-state index in [0.717, 1.165) is 0 Å². The number of para-hydroxylation sites is 1. The predicted octanol–water partition coefficient (Wildman–Crippen LogP) is 2.82. The molecule has 0 aromatic heterocycles. The van der Waals surface area contributed by atoms with Crippen molar-refractivity contribution in [3.8, 4) is 11.5 Å². The highest BCUT2D eigenvalue weighted by Gasteiger charge is 2.46. The van der Waals surface area contributed by atoms with Crippen LogP contribution in [-0.2, 0) is 9.59 Å². The zero-order chi connectivity index (χ0) is 20.4. The largest absolute Gasteiger partial charge is 0.480 e. The molecule has 0 saturated carbocycles. The number of carbonyl (C=O) groups excluding carboxylic acids is 2. The Morgan fingerprint density at radius 2 is 1.59 bits per heavy atom. The molecule has 2 aliphatic rings. The molecule has 0 bridgehead atoms. The van der Waals surface area contributed by atoms with Gasteiger partial charge in [-0.15, -0.1) is 0 Å². The van der Waals surface area contributed by atoms with Crippen molar-refractivity contribution in [2.45, 2.75) is 43.8 Å². The Morgan fingerprint density at radius 3 is 2.28 bits per heavy atom. The number of aliphatic carboxylic acids is 1. The summed E-state index contributed by atoms with van der Waals surface area (Å²) in [5, 5.41) is 12.1. The molecule has 4 rings (SSSR count). The van der Waals surface area contributed by atoms with Gasteiger partial charge in [0.25, 0.3) is 5.91 Å². The fourth-order valence-electron chi connectivity index (χ4n) is 4.08. The standard InChI is InChI=1S/C22H22N2O5/c25-20(14-6-10-17(11-7-14)29-16-4-2-1-3-5-16)23-18-12-8-15-9-13-19(22(27)28)24(15)21(18)26/h1-7,10-11,15,18-19H,8-9,12-13H2,(H,23,25)(H,27,28)/t15-,18-,19-/m0/s1. The molecule has 2 fully saturated rings. The van der Waals surface area contributed by atoms with Gasteiger partial charge in [-0.3, -0.25) is 9.59 Å². The second-order valence-corrected chi connectivity index (χ2v) is 7.37. The smallest absolute Gasteiger partial charge is 0.326 e. The van der Waals surface area contributed by atoms with E-state index in [1.165, 1.54) is 4.90 Å². The Kier molecular flexibility index (Phi) is 5.20. The van der Waals surface area contributed by atoms with Gasteiger partial charge in [0.2, 0.25) is 5.91 Å². The number of fused-ring (bicyclic) bond motifs is 1. The van der Waals surface area contributed by atoms with Gasteiger partial charge in [0, 0.05) is 11.6 Å². The van der Waals surface area contributed by atoms with E-state index in [4.69, 9.17) is 4.74 Å². The van der Waals surface area contributed by atoms with E-state index in [-0.39, 0.29) is 17.9 Å². The van der Waals surface area contributed by atoms with Gasteiger partial charge >= 0.3 is 5.97 Å². The van der Waals surface area contributed by atoms with Crippen LogP contribution in [0.5, 0.6) is 11.5 Å². The molecule has 0 radical (unpaired) electrons. The lowest BCUT2D eigenvalue weighted by atomic mass is 9.97. The van der Waals surface area contributed by atoms with Crippen LogP contribution in [0.15, 0.2) is 54.6 Å². The minimum atomic E-state index is -0.984. The molecule has 0 spiro atoms. The van der Waals surface area contributed by atoms with Gasteiger partial charge in [0.15, 0.2) is 0 Å². The second kappa shape index (κ2) is 7.95. The van der Waals surface area contributed by atoms with E-state index >= 15 is 0 Å². The summed E-state index contributed by atoms with van der Waals surface area (Å²) in [6.07, 6.45) is 2.39. The molecule has 150 valence electrons. The zero-order valence-electron chi connectivity index (χ0n) is 15.8.